The summed E-state index contributed by atoms with van der Waals surface area (Å²) < 4.78 is 10.8. The van der Waals surface area contributed by atoms with Gasteiger partial charge in [-0.05, 0) is 18.9 Å². The van der Waals surface area contributed by atoms with Crippen molar-refractivity contribution in [2.45, 2.75) is 44.1 Å². The summed E-state index contributed by atoms with van der Waals surface area (Å²) in [5.41, 5.74) is 6.64. The monoisotopic (exact) mass is 327 g/mol. The molecule has 6 nitrogen and oxygen atoms in total. The predicted octanol–water partition coefficient (Wildman–Crippen LogP) is 2.31. The van der Waals surface area contributed by atoms with Gasteiger partial charge in [0.15, 0.2) is 11.5 Å². The van der Waals surface area contributed by atoms with Crippen LogP contribution in [-0.4, -0.2) is 19.1 Å². The van der Waals surface area contributed by atoms with Gasteiger partial charge >= 0.3 is 0 Å². The number of ether oxygens (including phenoxy) is 2. The zero-order valence-electron chi connectivity index (χ0n) is 13.7. The molecule has 1 unspecified atom stereocenters. The van der Waals surface area contributed by atoms with Crippen LogP contribution in [0.2, 0.25) is 0 Å². The summed E-state index contributed by atoms with van der Waals surface area (Å²) in [4.78, 5) is 12.9. The zero-order valence-corrected chi connectivity index (χ0v) is 13.7. The van der Waals surface area contributed by atoms with Crippen LogP contribution in [0.3, 0.4) is 0 Å². The predicted molar refractivity (Wildman–Crippen MR) is 88.2 cm³/mol. The molecule has 1 atom stereocenters. The number of hydrogen-bond donors (Lipinski definition) is 2. The number of nitrogens with zero attached hydrogens (tertiary/aromatic N) is 1. The highest BCUT2D eigenvalue weighted by atomic mass is 16.5. The van der Waals surface area contributed by atoms with E-state index in [1.807, 2.05) is 6.07 Å². The number of carbonyl (C=O) groups excluding carboxylic acids is 1. The van der Waals surface area contributed by atoms with Crippen LogP contribution in [0.5, 0.6) is 11.5 Å². The van der Waals surface area contributed by atoms with Crippen LogP contribution in [0.1, 0.15) is 43.6 Å². The van der Waals surface area contributed by atoms with Crippen molar-refractivity contribution in [1.29, 1.82) is 5.26 Å². The summed E-state index contributed by atoms with van der Waals surface area (Å²) in [6, 6.07) is 7.47. The van der Waals surface area contributed by atoms with Crippen LogP contribution < -0.4 is 20.5 Å². The molecule has 1 saturated carbocycles. The molecule has 0 aromatic heterocycles. The van der Waals surface area contributed by atoms with E-state index in [4.69, 9.17) is 15.2 Å². The number of hydrogen-bond acceptors (Lipinski definition) is 5. The Morgan fingerprint density at radius 1 is 1.38 bits per heavy atom. The Labute approximate surface area is 141 Å². The van der Waals surface area contributed by atoms with Crippen molar-refractivity contribution in [3.05, 3.63) is 35.2 Å². The maximum Gasteiger partial charge on any atom is 0.233 e. The van der Waals surface area contributed by atoms with Gasteiger partial charge in [-0.3, -0.25) is 4.79 Å². The van der Waals surface area contributed by atoms with E-state index in [9.17, 15) is 10.1 Å². The zero-order chi connectivity index (χ0) is 17.1. The van der Waals surface area contributed by atoms with E-state index in [0.717, 1.165) is 25.7 Å². The van der Waals surface area contributed by atoms with Gasteiger partial charge in [0, 0.05) is 11.6 Å². The second-order valence-corrected chi connectivity index (χ2v) is 6.15. The number of para-hydroxylation sites is 1. The molecule has 1 aromatic rings. The van der Waals surface area contributed by atoms with Gasteiger partial charge in [-0.15, -0.1) is 0 Å². The van der Waals surface area contributed by atoms with E-state index in [1.165, 1.54) is 13.5 Å². The van der Waals surface area contributed by atoms with Gasteiger partial charge in [-0.2, -0.15) is 5.26 Å². The maximum atomic E-state index is 12.9. The van der Waals surface area contributed by atoms with Crippen molar-refractivity contribution in [1.82, 2.24) is 5.32 Å². The van der Waals surface area contributed by atoms with E-state index >= 15 is 0 Å². The van der Waals surface area contributed by atoms with E-state index in [2.05, 4.69) is 5.32 Å². The van der Waals surface area contributed by atoms with Crippen LogP contribution in [0, 0.1) is 11.3 Å². The Kier molecular flexibility index (Phi) is 4.61. The fraction of sp³-hybridized carbons (Fsp3) is 0.444. The molecule has 3 N–H and O–H groups in total. The molecule has 0 spiro atoms. The lowest BCUT2D eigenvalue weighted by Gasteiger charge is -2.29. The van der Waals surface area contributed by atoms with Gasteiger partial charge in [0.1, 0.15) is 17.6 Å². The first-order valence-corrected chi connectivity index (χ1v) is 8.20. The molecule has 1 aliphatic heterocycles. The number of carbonyl (C=O) groups is 1. The lowest BCUT2D eigenvalue weighted by atomic mass is 9.87. The number of nitrogens with two attached hydrogens (primary N) is 1. The van der Waals surface area contributed by atoms with Crippen molar-refractivity contribution in [3.63, 3.8) is 0 Å². The highest BCUT2D eigenvalue weighted by molar-refractivity contribution is 5.90. The number of benzene rings is 1. The Bertz CT molecular complexity index is 715. The number of nitrogens with one attached hydrogen (secondary N) is 1. The topological polar surface area (TPSA) is 97.4 Å². The second kappa shape index (κ2) is 6.83. The van der Waals surface area contributed by atoms with Gasteiger partial charge < -0.3 is 20.5 Å². The molecular weight excluding hydrogens is 306 g/mol. The summed E-state index contributed by atoms with van der Waals surface area (Å²) >= 11 is 0. The molecule has 0 saturated heterocycles. The molecule has 0 bridgehead atoms. The molecule has 6 heteroatoms. The van der Waals surface area contributed by atoms with Gasteiger partial charge in [0.25, 0.3) is 0 Å². The summed E-state index contributed by atoms with van der Waals surface area (Å²) in [7, 11) is 1.52. The normalized spacial score (nSPS) is 20.6. The van der Waals surface area contributed by atoms with E-state index in [-0.39, 0.29) is 23.4 Å². The molecule has 3 rings (SSSR count). The summed E-state index contributed by atoms with van der Waals surface area (Å²) in [5, 5.41) is 12.5. The highest BCUT2D eigenvalue weighted by Gasteiger charge is 2.36. The smallest absolute Gasteiger partial charge is 0.233 e. The highest BCUT2D eigenvalue weighted by Crippen LogP contribution is 2.43. The van der Waals surface area contributed by atoms with Gasteiger partial charge in [0.05, 0.1) is 7.11 Å². The number of rotatable bonds is 3. The Hall–Kier alpha value is -2.68. The second-order valence-electron chi connectivity index (χ2n) is 6.15. The first-order chi connectivity index (χ1) is 11.7. The third-order valence-corrected chi connectivity index (χ3v) is 4.64. The van der Waals surface area contributed by atoms with E-state index < -0.39 is 5.92 Å². The summed E-state index contributed by atoms with van der Waals surface area (Å²) in [6.07, 6.45) is 5.39. The quantitative estimate of drug-likeness (QED) is 0.888. The van der Waals surface area contributed by atoms with Crippen molar-refractivity contribution >= 4 is 5.91 Å². The van der Waals surface area contributed by atoms with Crippen LogP contribution in [0.15, 0.2) is 29.7 Å². The van der Waals surface area contributed by atoms with Crippen LogP contribution in [-0.2, 0) is 4.79 Å². The van der Waals surface area contributed by atoms with E-state index in [1.54, 1.807) is 18.2 Å². The van der Waals surface area contributed by atoms with Crippen LogP contribution in [0.25, 0.3) is 0 Å². The Morgan fingerprint density at radius 2 is 2.12 bits per heavy atom. The Morgan fingerprint density at radius 3 is 2.79 bits per heavy atom. The summed E-state index contributed by atoms with van der Waals surface area (Å²) in [5.74, 6) is -0.128. The molecule has 0 radical (unpaired) electrons. The first-order valence-electron chi connectivity index (χ1n) is 8.20. The van der Waals surface area contributed by atoms with Crippen LogP contribution >= 0.6 is 0 Å². The molecular formula is C18H21N3O3. The number of nitriles is 1. The van der Waals surface area contributed by atoms with Gasteiger partial charge in [-0.25, -0.2) is 0 Å². The average molecular weight is 327 g/mol. The first kappa shape index (κ1) is 16.2. The Balaban J connectivity index is 1.95. The minimum Gasteiger partial charge on any atom is -0.493 e. The molecule has 1 aliphatic carbocycles. The molecule has 1 aromatic carbocycles. The SMILES string of the molecule is COc1cccc2c1OC(N)=C(C#N)C2C(=O)NC1CCCCC1. The number of amides is 1. The van der Waals surface area contributed by atoms with Crippen molar-refractivity contribution in [2.24, 2.45) is 5.73 Å². The van der Waals surface area contributed by atoms with Crippen molar-refractivity contribution in [3.8, 4) is 17.6 Å². The lowest BCUT2D eigenvalue weighted by molar-refractivity contribution is -0.122. The van der Waals surface area contributed by atoms with Gasteiger partial charge in [0.2, 0.25) is 11.8 Å². The third kappa shape index (κ3) is 2.90. The minimum absolute atomic E-state index is 0.0432. The molecule has 24 heavy (non-hydrogen) atoms. The molecule has 126 valence electrons. The number of methoxy groups -OCH3 is 1. The largest absolute Gasteiger partial charge is 0.493 e. The van der Waals surface area contributed by atoms with E-state index in [0.29, 0.717) is 17.1 Å². The molecule has 2 aliphatic rings. The third-order valence-electron chi connectivity index (χ3n) is 4.64. The lowest BCUT2D eigenvalue weighted by Crippen LogP contribution is -2.41. The minimum atomic E-state index is -0.768. The fourth-order valence-electron chi connectivity index (χ4n) is 3.42. The number of fused-ring (bicyclic) bond motifs is 1. The summed E-state index contributed by atoms with van der Waals surface area (Å²) in [6.45, 7) is 0. The molecule has 1 fully saturated rings. The maximum absolute atomic E-state index is 12.9. The van der Waals surface area contributed by atoms with Gasteiger partial charge in [-0.1, -0.05) is 31.4 Å². The standard InChI is InChI=1S/C18H21N3O3/c1-23-14-9-5-8-12-15(13(10-19)17(20)24-16(12)14)18(22)21-11-6-3-2-4-7-11/h5,8-9,11,15H,2-4,6-7,20H2,1H3,(H,21,22). The van der Waals surface area contributed by atoms with Crippen molar-refractivity contribution in [2.75, 3.05) is 7.11 Å². The molecule has 1 heterocycles. The van der Waals surface area contributed by atoms with Crippen molar-refractivity contribution < 1.29 is 14.3 Å². The average Bonchev–Trinajstić information content (AvgIpc) is 2.60. The molecule has 1 amide bonds. The fourth-order valence-corrected chi connectivity index (χ4v) is 3.42. The van der Waals surface area contributed by atoms with Crippen LogP contribution in [0.4, 0.5) is 0 Å².